The molecule has 30 heavy (non-hydrogen) atoms. The molecule has 1 aromatic rings. The van der Waals surface area contributed by atoms with E-state index in [1.165, 1.54) is 0 Å². The molecule has 0 saturated heterocycles. The summed E-state index contributed by atoms with van der Waals surface area (Å²) in [5, 5.41) is 0. The first-order chi connectivity index (χ1) is 13.1. The Hall–Kier alpha value is -2.42. The predicted molar refractivity (Wildman–Crippen MR) is 65.5 cm³/mol. The number of halogens is 16. The Morgan fingerprint density at radius 2 is 1.00 bits per heavy atom. The smallest absolute Gasteiger partial charge is 0.204 e. The first kappa shape index (κ1) is 25.6. The van der Waals surface area contributed by atoms with Crippen LogP contribution in [0.15, 0.2) is 23.3 Å². The molecule has 0 spiro atoms. The van der Waals surface area contributed by atoms with Crippen LogP contribution in [0.3, 0.4) is 0 Å². The van der Waals surface area contributed by atoms with Crippen molar-refractivity contribution >= 4 is 5.57 Å². The van der Waals surface area contributed by atoms with Crippen LogP contribution < -0.4 is 0 Å². The Bertz CT molecular complexity index is 845. The molecule has 0 nitrogen and oxygen atoms in total. The summed E-state index contributed by atoms with van der Waals surface area (Å²) >= 11 is 0. The highest BCUT2D eigenvalue weighted by atomic mass is 19.4. The first-order valence-corrected chi connectivity index (χ1v) is 6.68. The van der Waals surface area contributed by atoms with Crippen LogP contribution >= 0.6 is 0 Å². The quantitative estimate of drug-likeness (QED) is 0.242. The van der Waals surface area contributed by atoms with E-state index in [4.69, 9.17) is 0 Å². The van der Waals surface area contributed by atoms with Gasteiger partial charge in [-0.15, -0.1) is 0 Å². The first-order valence-electron chi connectivity index (χ1n) is 6.68. The third-order valence-corrected chi connectivity index (χ3v) is 3.06. The predicted octanol–water partition coefficient (Wildman–Crippen LogP) is 7.17. The zero-order valence-corrected chi connectivity index (χ0v) is 13.2. The van der Waals surface area contributed by atoms with E-state index in [1.807, 2.05) is 0 Å². The molecule has 170 valence electrons. The van der Waals surface area contributed by atoms with Crippen molar-refractivity contribution in [2.24, 2.45) is 0 Å². The second kappa shape index (κ2) is 7.68. The van der Waals surface area contributed by atoms with E-state index in [9.17, 15) is 70.2 Å². The maximum atomic E-state index is 13.7. The number of benzene rings is 1. The lowest BCUT2D eigenvalue weighted by Gasteiger charge is -2.24. The van der Waals surface area contributed by atoms with E-state index in [2.05, 4.69) is 0 Å². The second-order valence-corrected chi connectivity index (χ2v) is 5.19. The molecule has 16 heteroatoms. The van der Waals surface area contributed by atoms with Crippen molar-refractivity contribution in [3.63, 3.8) is 0 Å². The van der Waals surface area contributed by atoms with Crippen LogP contribution in [-0.2, 0) is 0 Å². The lowest BCUT2D eigenvalue weighted by molar-refractivity contribution is -0.127. The summed E-state index contributed by atoms with van der Waals surface area (Å²) in [6, 6.07) is -0.786. The van der Waals surface area contributed by atoms with Crippen molar-refractivity contribution in [1.29, 1.82) is 0 Å². The molecular formula is C14H2F16. The molecular weight excluding hydrogens is 472 g/mol. The van der Waals surface area contributed by atoms with Gasteiger partial charge < -0.3 is 0 Å². The molecule has 0 aromatic heterocycles. The van der Waals surface area contributed by atoms with Gasteiger partial charge in [-0.2, -0.15) is 52.7 Å². The summed E-state index contributed by atoms with van der Waals surface area (Å²) in [4.78, 5) is 0. The molecule has 0 saturated carbocycles. The van der Waals surface area contributed by atoms with Gasteiger partial charge in [-0.1, -0.05) is 0 Å². The number of allylic oxidation sites excluding steroid dienone is 4. The molecule has 0 aliphatic carbocycles. The van der Waals surface area contributed by atoms with Gasteiger partial charge in [-0.25, -0.2) is 17.6 Å². The van der Waals surface area contributed by atoms with E-state index >= 15 is 0 Å². The Labute approximate surface area is 154 Å². The van der Waals surface area contributed by atoms with E-state index in [0.29, 0.717) is 0 Å². The van der Waals surface area contributed by atoms with Crippen LogP contribution in [-0.4, -0.2) is 24.7 Å². The van der Waals surface area contributed by atoms with Crippen molar-refractivity contribution in [3.8, 4) is 0 Å². The van der Waals surface area contributed by atoms with Crippen molar-refractivity contribution in [3.05, 3.63) is 52.1 Å². The molecule has 0 aliphatic heterocycles. The molecule has 1 rings (SSSR count). The van der Waals surface area contributed by atoms with Crippen LogP contribution in [0.2, 0.25) is 0 Å². The zero-order chi connectivity index (χ0) is 24.0. The van der Waals surface area contributed by atoms with Crippen LogP contribution in [0.4, 0.5) is 70.2 Å². The van der Waals surface area contributed by atoms with Crippen LogP contribution in [0.5, 0.6) is 0 Å². The molecule has 0 unspecified atom stereocenters. The Morgan fingerprint density at radius 1 is 0.600 bits per heavy atom. The topological polar surface area (TPSA) is 0 Å². The van der Waals surface area contributed by atoms with Gasteiger partial charge in [0.05, 0.1) is 22.3 Å². The zero-order valence-electron chi connectivity index (χ0n) is 13.2. The Balaban J connectivity index is 4.44. The van der Waals surface area contributed by atoms with E-state index in [0.717, 1.165) is 0 Å². The molecule has 0 amide bonds. The van der Waals surface area contributed by atoms with Crippen LogP contribution in [0, 0.1) is 23.3 Å². The highest BCUT2D eigenvalue weighted by Crippen LogP contribution is 2.50. The van der Waals surface area contributed by atoms with Crippen molar-refractivity contribution < 1.29 is 70.2 Å². The van der Waals surface area contributed by atoms with Gasteiger partial charge in [0.2, 0.25) is 0 Å². The fraction of sp³-hybridized carbons (Fsp3) is 0.286. The normalized spacial score (nSPS) is 15.4. The second-order valence-electron chi connectivity index (χ2n) is 5.19. The third kappa shape index (κ3) is 5.59. The lowest BCUT2D eigenvalue weighted by atomic mass is 9.91. The molecule has 0 bridgehead atoms. The molecule has 0 aliphatic rings. The van der Waals surface area contributed by atoms with Gasteiger partial charge in [0.15, 0.2) is 23.3 Å². The molecule has 0 fully saturated rings. The van der Waals surface area contributed by atoms with Gasteiger partial charge in [0.1, 0.15) is 0 Å². The standard InChI is InChI=1S/C14H2F16/c15-4-1-5(16)10(18)6(9(4)17)8(14(28,29)30)7(13(25,26)27)3(12(22,23)24)2-11(19,20)21/h1-2H/b3-2-,8-7-. The van der Waals surface area contributed by atoms with Crippen molar-refractivity contribution in [2.75, 3.05) is 0 Å². The monoisotopic (exact) mass is 474 g/mol. The van der Waals surface area contributed by atoms with Crippen molar-refractivity contribution in [2.45, 2.75) is 24.7 Å². The minimum atomic E-state index is -6.99. The maximum absolute atomic E-state index is 13.7. The fourth-order valence-corrected chi connectivity index (χ4v) is 2.09. The minimum Gasteiger partial charge on any atom is -0.204 e. The SMILES string of the molecule is Fc1cc(F)c(F)c(/C(=C(\C(=C\C(F)(F)F)C(F)(F)F)C(F)(F)F)C(F)(F)F)c1F. The summed E-state index contributed by atoms with van der Waals surface area (Å²) in [7, 11) is 0. The minimum absolute atomic E-state index is 0.786. The summed E-state index contributed by atoms with van der Waals surface area (Å²) in [6.45, 7) is 0. The average Bonchev–Trinajstić information content (AvgIpc) is 2.46. The number of hydrogen-bond donors (Lipinski definition) is 0. The van der Waals surface area contributed by atoms with Crippen LogP contribution in [0.25, 0.3) is 5.57 Å². The lowest BCUT2D eigenvalue weighted by Crippen LogP contribution is -2.30. The van der Waals surface area contributed by atoms with Crippen molar-refractivity contribution in [1.82, 2.24) is 0 Å². The average molecular weight is 474 g/mol. The highest BCUT2D eigenvalue weighted by Gasteiger charge is 2.55. The maximum Gasteiger partial charge on any atom is 0.417 e. The molecule has 0 N–H and O–H groups in total. The van der Waals surface area contributed by atoms with E-state index < -0.39 is 82.4 Å². The highest BCUT2D eigenvalue weighted by molar-refractivity contribution is 5.78. The summed E-state index contributed by atoms with van der Waals surface area (Å²) in [6.07, 6.45) is -29.2. The molecule has 0 heterocycles. The van der Waals surface area contributed by atoms with Gasteiger partial charge in [-0.05, 0) is 0 Å². The molecule has 0 radical (unpaired) electrons. The number of alkyl halides is 12. The van der Waals surface area contributed by atoms with Gasteiger partial charge >= 0.3 is 24.7 Å². The molecule has 1 aromatic carbocycles. The van der Waals surface area contributed by atoms with E-state index in [-0.39, 0.29) is 0 Å². The van der Waals surface area contributed by atoms with Gasteiger partial charge in [0, 0.05) is 12.1 Å². The number of hydrogen-bond acceptors (Lipinski definition) is 0. The summed E-state index contributed by atoms with van der Waals surface area (Å²) in [5.74, 6) is -12.0. The van der Waals surface area contributed by atoms with Crippen LogP contribution in [0.1, 0.15) is 5.56 Å². The summed E-state index contributed by atoms with van der Waals surface area (Å²) in [5.41, 5.74) is -15.7. The Morgan fingerprint density at radius 3 is 1.27 bits per heavy atom. The number of rotatable bonds is 2. The van der Waals surface area contributed by atoms with E-state index in [1.54, 1.807) is 0 Å². The van der Waals surface area contributed by atoms with Gasteiger partial charge in [0.25, 0.3) is 0 Å². The summed E-state index contributed by atoms with van der Waals surface area (Å²) < 4.78 is 208. The largest absolute Gasteiger partial charge is 0.417 e. The Kier molecular flexibility index (Phi) is 6.56. The van der Waals surface area contributed by atoms with Gasteiger partial charge in [-0.3, -0.25) is 0 Å². The fourth-order valence-electron chi connectivity index (χ4n) is 2.09. The molecule has 0 atom stereocenters. The third-order valence-electron chi connectivity index (χ3n) is 3.06.